The number of nitrogens with one attached hydrogen (secondary N) is 1. The van der Waals surface area contributed by atoms with Crippen LogP contribution in [0.25, 0.3) is 0 Å². The van der Waals surface area contributed by atoms with Crippen molar-refractivity contribution in [2.75, 3.05) is 6.54 Å². The van der Waals surface area contributed by atoms with Crippen LogP contribution in [0.5, 0.6) is 0 Å². The number of benzene rings is 2. The van der Waals surface area contributed by atoms with Gasteiger partial charge in [0.15, 0.2) is 0 Å². The Morgan fingerprint density at radius 1 is 1.04 bits per heavy atom. The lowest BCUT2D eigenvalue weighted by Crippen LogP contribution is -2.46. The van der Waals surface area contributed by atoms with Crippen LogP contribution in [0.3, 0.4) is 0 Å². The largest absolute Gasteiger partial charge is 0.481 e. The van der Waals surface area contributed by atoms with Crippen molar-refractivity contribution in [3.63, 3.8) is 0 Å². The van der Waals surface area contributed by atoms with Crippen LogP contribution in [-0.2, 0) is 10.2 Å². The molecule has 1 amide bonds. The van der Waals surface area contributed by atoms with Crippen molar-refractivity contribution in [3.8, 4) is 0 Å². The van der Waals surface area contributed by atoms with Crippen molar-refractivity contribution in [2.24, 2.45) is 0 Å². The Bertz CT molecular complexity index is 697. The summed E-state index contributed by atoms with van der Waals surface area (Å²) >= 11 is 0. The van der Waals surface area contributed by atoms with E-state index >= 15 is 0 Å². The summed E-state index contributed by atoms with van der Waals surface area (Å²) in [5.41, 5.74) is 0.998. The second kappa shape index (κ2) is 7.09. The van der Waals surface area contributed by atoms with Gasteiger partial charge in [0.25, 0.3) is 5.91 Å². The summed E-state index contributed by atoms with van der Waals surface area (Å²) in [4.78, 5) is 24.3. The summed E-state index contributed by atoms with van der Waals surface area (Å²) in [6.45, 7) is 3.73. The van der Waals surface area contributed by atoms with Gasteiger partial charge in [-0.25, -0.2) is 0 Å². The zero-order chi connectivity index (χ0) is 16.9. The molecule has 0 spiro atoms. The maximum atomic E-state index is 12.4. The van der Waals surface area contributed by atoms with Gasteiger partial charge in [0.2, 0.25) is 0 Å². The summed E-state index contributed by atoms with van der Waals surface area (Å²) < 4.78 is 0. The van der Waals surface area contributed by atoms with Crippen molar-refractivity contribution in [2.45, 2.75) is 25.7 Å². The normalized spacial score (nSPS) is 13.1. The number of rotatable bonds is 6. The SMILES string of the molecule is CCC(CNC(=O)c1ccccc1C)(C(=O)O)c1ccccc1. The summed E-state index contributed by atoms with van der Waals surface area (Å²) in [6.07, 6.45) is 0.389. The Kier molecular flexibility index (Phi) is 5.16. The molecule has 0 aliphatic heterocycles. The molecule has 0 fully saturated rings. The lowest BCUT2D eigenvalue weighted by atomic mass is 9.78. The standard InChI is InChI=1S/C19H21NO3/c1-3-19(18(22)23,15-10-5-4-6-11-15)13-20-17(21)16-12-8-7-9-14(16)2/h4-12H,3,13H2,1-2H3,(H,20,21)(H,22,23). The molecule has 2 N–H and O–H groups in total. The van der Waals surface area contributed by atoms with E-state index in [0.29, 0.717) is 17.5 Å². The number of hydrogen-bond acceptors (Lipinski definition) is 2. The average Bonchev–Trinajstić information content (AvgIpc) is 2.56. The molecule has 120 valence electrons. The molecular formula is C19H21NO3. The molecule has 4 heteroatoms. The fourth-order valence-electron chi connectivity index (χ4n) is 2.69. The van der Waals surface area contributed by atoms with Gasteiger partial charge in [-0.3, -0.25) is 9.59 Å². The Morgan fingerprint density at radius 2 is 1.65 bits per heavy atom. The van der Waals surface area contributed by atoms with E-state index < -0.39 is 11.4 Å². The third kappa shape index (κ3) is 3.42. The van der Waals surface area contributed by atoms with Crippen LogP contribution in [0, 0.1) is 6.92 Å². The Morgan fingerprint density at radius 3 is 2.22 bits per heavy atom. The van der Waals surface area contributed by atoms with E-state index in [0.717, 1.165) is 5.56 Å². The minimum absolute atomic E-state index is 0.0516. The van der Waals surface area contributed by atoms with Gasteiger partial charge >= 0.3 is 5.97 Å². The topological polar surface area (TPSA) is 66.4 Å². The minimum Gasteiger partial charge on any atom is -0.481 e. The fraction of sp³-hybridized carbons (Fsp3) is 0.263. The average molecular weight is 311 g/mol. The molecule has 0 bridgehead atoms. The molecule has 0 saturated heterocycles. The highest BCUT2D eigenvalue weighted by Gasteiger charge is 2.39. The lowest BCUT2D eigenvalue weighted by Gasteiger charge is -2.29. The van der Waals surface area contributed by atoms with Crippen LogP contribution in [-0.4, -0.2) is 23.5 Å². The number of carbonyl (C=O) groups is 2. The monoisotopic (exact) mass is 311 g/mol. The van der Waals surface area contributed by atoms with E-state index in [1.807, 2.05) is 44.2 Å². The van der Waals surface area contributed by atoms with Crippen LogP contribution >= 0.6 is 0 Å². The molecular weight excluding hydrogens is 290 g/mol. The highest BCUT2D eigenvalue weighted by Crippen LogP contribution is 2.28. The van der Waals surface area contributed by atoms with Gasteiger partial charge in [-0.05, 0) is 30.5 Å². The van der Waals surface area contributed by atoms with Gasteiger partial charge in [-0.15, -0.1) is 0 Å². The first-order valence-electron chi connectivity index (χ1n) is 7.64. The molecule has 0 aromatic heterocycles. The van der Waals surface area contributed by atoms with Gasteiger partial charge in [-0.1, -0.05) is 55.5 Å². The molecule has 0 heterocycles. The van der Waals surface area contributed by atoms with Crippen LogP contribution < -0.4 is 5.32 Å². The first-order valence-corrected chi connectivity index (χ1v) is 7.64. The maximum Gasteiger partial charge on any atom is 0.315 e. The quantitative estimate of drug-likeness (QED) is 0.861. The first kappa shape index (κ1) is 16.7. The number of hydrogen-bond donors (Lipinski definition) is 2. The fourth-order valence-corrected chi connectivity index (χ4v) is 2.69. The summed E-state index contributed by atoms with van der Waals surface area (Å²) in [5.74, 6) is -1.19. The van der Waals surface area contributed by atoms with Crippen molar-refractivity contribution in [1.29, 1.82) is 0 Å². The van der Waals surface area contributed by atoms with Crippen LogP contribution in [0.4, 0.5) is 0 Å². The zero-order valence-electron chi connectivity index (χ0n) is 13.4. The van der Waals surface area contributed by atoms with E-state index in [9.17, 15) is 14.7 Å². The Labute approximate surface area is 136 Å². The van der Waals surface area contributed by atoms with E-state index in [4.69, 9.17) is 0 Å². The number of aryl methyl sites for hydroxylation is 1. The number of carbonyl (C=O) groups excluding carboxylic acids is 1. The second-order valence-electron chi connectivity index (χ2n) is 5.60. The van der Waals surface area contributed by atoms with E-state index in [2.05, 4.69) is 5.32 Å². The van der Waals surface area contributed by atoms with Gasteiger partial charge < -0.3 is 10.4 Å². The Hall–Kier alpha value is -2.62. The van der Waals surface area contributed by atoms with Gasteiger partial charge in [0.1, 0.15) is 5.41 Å². The predicted molar refractivity (Wildman–Crippen MR) is 89.6 cm³/mol. The maximum absolute atomic E-state index is 12.4. The molecule has 1 unspecified atom stereocenters. The minimum atomic E-state index is -1.13. The first-order chi connectivity index (χ1) is 11.0. The summed E-state index contributed by atoms with van der Waals surface area (Å²) in [6, 6.07) is 16.3. The molecule has 0 aliphatic rings. The smallest absolute Gasteiger partial charge is 0.315 e. The number of aliphatic carboxylic acids is 1. The molecule has 2 aromatic rings. The lowest BCUT2D eigenvalue weighted by molar-refractivity contribution is -0.143. The molecule has 2 aromatic carbocycles. The van der Waals surface area contributed by atoms with Crippen molar-refractivity contribution in [1.82, 2.24) is 5.32 Å². The number of amides is 1. The highest BCUT2D eigenvalue weighted by molar-refractivity contribution is 5.96. The van der Waals surface area contributed by atoms with Gasteiger partial charge in [-0.2, -0.15) is 0 Å². The van der Waals surface area contributed by atoms with Crippen LogP contribution in [0.1, 0.15) is 34.8 Å². The van der Waals surface area contributed by atoms with E-state index in [1.54, 1.807) is 24.3 Å². The molecule has 2 rings (SSSR count). The molecule has 0 radical (unpaired) electrons. The molecule has 1 atom stereocenters. The van der Waals surface area contributed by atoms with Gasteiger partial charge in [0, 0.05) is 12.1 Å². The molecule has 0 aliphatic carbocycles. The van der Waals surface area contributed by atoms with Crippen LogP contribution in [0.15, 0.2) is 54.6 Å². The number of carboxylic acids is 1. The third-order valence-corrected chi connectivity index (χ3v) is 4.28. The highest BCUT2D eigenvalue weighted by atomic mass is 16.4. The van der Waals surface area contributed by atoms with Crippen LogP contribution in [0.2, 0.25) is 0 Å². The molecule has 0 saturated carbocycles. The number of carboxylic acid groups (broad SMARTS) is 1. The van der Waals surface area contributed by atoms with Crippen molar-refractivity contribution in [3.05, 3.63) is 71.3 Å². The third-order valence-electron chi connectivity index (χ3n) is 4.28. The van der Waals surface area contributed by atoms with Crippen molar-refractivity contribution >= 4 is 11.9 Å². The molecule has 4 nitrogen and oxygen atoms in total. The molecule has 23 heavy (non-hydrogen) atoms. The van der Waals surface area contributed by atoms with E-state index in [-0.39, 0.29) is 12.5 Å². The second-order valence-corrected chi connectivity index (χ2v) is 5.60. The van der Waals surface area contributed by atoms with E-state index in [1.165, 1.54) is 0 Å². The van der Waals surface area contributed by atoms with Crippen molar-refractivity contribution < 1.29 is 14.7 Å². The predicted octanol–water partition coefficient (Wildman–Crippen LogP) is 3.16. The summed E-state index contributed by atoms with van der Waals surface area (Å²) in [7, 11) is 0. The summed E-state index contributed by atoms with van der Waals surface area (Å²) in [5, 5.41) is 12.6. The zero-order valence-corrected chi connectivity index (χ0v) is 13.4. The van der Waals surface area contributed by atoms with Gasteiger partial charge in [0.05, 0.1) is 0 Å². The Balaban J connectivity index is 2.25.